The molecule has 1 aromatic carbocycles. The Morgan fingerprint density at radius 3 is 2.40 bits per heavy atom. The van der Waals surface area contributed by atoms with Gasteiger partial charge in [0.15, 0.2) is 0 Å². The lowest BCUT2D eigenvalue weighted by Gasteiger charge is -2.16. The summed E-state index contributed by atoms with van der Waals surface area (Å²) < 4.78 is 0. The fraction of sp³-hybridized carbons (Fsp3) is 0.538. The molecule has 1 rings (SSSR count). The van der Waals surface area contributed by atoms with E-state index in [0.29, 0.717) is 17.7 Å². The van der Waals surface area contributed by atoms with E-state index in [4.69, 9.17) is 5.73 Å². The molecule has 0 aliphatic carbocycles. The average molecular weight is 223 g/mol. The summed E-state index contributed by atoms with van der Waals surface area (Å²) >= 11 is 1.96. The van der Waals surface area contributed by atoms with Gasteiger partial charge in [0.25, 0.3) is 0 Å². The molecule has 2 heteroatoms. The fourth-order valence-corrected chi connectivity index (χ4v) is 2.37. The molecule has 0 bridgehead atoms. The molecular weight excluding hydrogens is 202 g/mol. The third kappa shape index (κ3) is 3.54. The van der Waals surface area contributed by atoms with Crippen LogP contribution >= 0.6 is 11.8 Å². The molecule has 0 heterocycles. The topological polar surface area (TPSA) is 26.0 Å². The van der Waals surface area contributed by atoms with Crippen molar-refractivity contribution in [2.75, 3.05) is 0 Å². The van der Waals surface area contributed by atoms with Crippen LogP contribution in [0.5, 0.6) is 0 Å². The Morgan fingerprint density at radius 2 is 1.93 bits per heavy atom. The summed E-state index contributed by atoms with van der Waals surface area (Å²) in [5, 5.41) is 0.660. The highest BCUT2D eigenvalue weighted by Gasteiger charge is 2.10. The Balaban J connectivity index is 2.78. The van der Waals surface area contributed by atoms with E-state index in [2.05, 4.69) is 45.9 Å². The summed E-state index contributed by atoms with van der Waals surface area (Å²) in [7, 11) is 0. The second-order valence-corrected chi connectivity index (χ2v) is 5.79. The summed E-state index contributed by atoms with van der Waals surface area (Å²) in [5.41, 5.74) is 8.17. The number of thioether (sulfide) groups is 1. The molecule has 0 aromatic heterocycles. The summed E-state index contributed by atoms with van der Waals surface area (Å²) in [6.07, 6.45) is 0. The number of hydrogen-bond donors (Lipinski definition) is 1. The predicted octanol–water partition coefficient (Wildman–Crippen LogP) is 3.59. The van der Waals surface area contributed by atoms with Crippen LogP contribution < -0.4 is 5.73 Å². The predicted molar refractivity (Wildman–Crippen MR) is 69.2 cm³/mol. The van der Waals surface area contributed by atoms with E-state index in [1.54, 1.807) is 0 Å². The molecule has 0 aliphatic heterocycles. The number of benzene rings is 1. The molecule has 1 nitrogen and oxygen atoms in total. The fourth-order valence-electron chi connectivity index (χ4n) is 1.31. The van der Waals surface area contributed by atoms with Crippen molar-refractivity contribution >= 4 is 11.8 Å². The lowest BCUT2D eigenvalue weighted by molar-refractivity contribution is 0.642. The van der Waals surface area contributed by atoms with Gasteiger partial charge in [0.1, 0.15) is 0 Å². The van der Waals surface area contributed by atoms with Crippen molar-refractivity contribution in [2.24, 2.45) is 11.7 Å². The Labute approximate surface area is 97.4 Å². The third-order valence-electron chi connectivity index (χ3n) is 2.73. The smallest absolute Gasteiger partial charge is 0.0178 e. The molecule has 1 unspecified atom stereocenters. The first-order valence-electron chi connectivity index (χ1n) is 5.51. The van der Waals surface area contributed by atoms with Crippen molar-refractivity contribution in [3.8, 4) is 0 Å². The molecule has 1 atom stereocenters. The summed E-state index contributed by atoms with van der Waals surface area (Å²) in [5.74, 6) is 0.712. The van der Waals surface area contributed by atoms with Crippen LogP contribution in [-0.2, 0) is 6.54 Å². The van der Waals surface area contributed by atoms with Crippen LogP contribution in [0.15, 0.2) is 23.1 Å². The highest BCUT2D eigenvalue weighted by atomic mass is 32.2. The number of rotatable bonds is 4. The van der Waals surface area contributed by atoms with Crippen molar-refractivity contribution in [1.82, 2.24) is 0 Å². The molecular formula is C13H21NS. The molecule has 0 saturated heterocycles. The van der Waals surface area contributed by atoms with E-state index in [1.807, 2.05) is 11.8 Å². The van der Waals surface area contributed by atoms with E-state index < -0.39 is 0 Å². The molecule has 2 N–H and O–H groups in total. The van der Waals surface area contributed by atoms with E-state index in [-0.39, 0.29) is 0 Å². The second kappa shape index (κ2) is 5.57. The summed E-state index contributed by atoms with van der Waals surface area (Å²) in [6.45, 7) is 9.61. The molecule has 1 aromatic rings. The van der Waals surface area contributed by atoms with Crippen molar-refractivity contribution < 1.29 is 0 Å². The van der Waals surface area contributed by atoms with E-state index in [9.17, 15) is 0 Å². The largest absolute Gasteiger partial charge is 0.326 e. The van der Waals surface area contributed by atoms with Crippen LogP contribution in [0.4, 0.5) is 0 Å². The Hall–Kier alpha value is -0.470. The van der Waals surface area contributed by atoms with Gasteiger partial charge in [-0.1, -0.05) is 32.9 Å². The standard InChI is InChI=1S/C13H21NS/c1-9(2)11(4)15-13-6-5-12(8-14)7-10(13)3/h5-7,9,11H,8,14H2,1-4H3. The van der Waals surface area contributed by atoms with Crippen LogP contribution in [0.3, 0.4) is 0 Å². The Kier molecular flexibility index (Phi) is 4.68. The van der Waals surface area contributed by atoms with E-state index in [0.717, 1.165) is 0 Å². The van der Waals surface area contributed by atoms with Gasteiger partial charge in [0.2, 0.25) is 0 Å². The van der Waals surface area contributed by atoms with Gasteiger partial charge in [-0.3, -0.25) is 0 Å². The summed E-state index contributed by atoms with van der Waals surface area (Å²) in [6, 6.07) is 6.51. The molecule has 0 radical (unpaired) electrons. The molecule has 0 fully saturated rings. The maximum absolute atomic E-state index is 5.61. The maximum atomic E-state index is 5.61. The average Bonchev–Trinajstić information content (AvgIpc) is 2.20. The van der Waals surface area contributed by atoms with Crippen molar-refractivity contribution in [3.63, 3.8) is 0 Å². The maximum Gasteiger partial charge on any atom is 0.0178 e. The van der Waals surface area contributed by atoms with Crippen LogP contribution in [-0.4, -0.2) is 5.25 Å². The molecule has 0 spiro atoms. The van der Waals surface area contributed by atoms with Crippen LogP contribution in [0.2, 0.25) is 0 Å². The molecule has 0 amide bonds. The first-order valence-corrected chi connectivity index (χ1v) is 6.38. The monoisotopic (exact) mass is 223 g/mol. The quantitative estimate of drug-likeness (QED) is 0.789. The highest BCUT2D eigenvalue weighted by molar-refractivity contribution is 8.00. The number of hydrogen-bond acceptors (Lipinski definition) is 2. The van der Waals surface area contributed by atoms with Crippen molar-refractivity contribution in [1.29, 1.82) is 0 Å². The van der Waals surface area contributed by atoms with Gasteiger partial charge < -0.3 is 5.73 Å². The first-order chi connectivity index (χ1) is 7.04. The zero-order valence-corrected chi connectivity index (χ0v) is 10.9. The van der Waals surface area contributed by atoms with Crippen LogP contribution in [0.1, 0.15) is 31.9 Å². The van der Waals surface area contributed by atoms with Gasteiger partial charge in [0, 0.05) is 16.7 Å². The zero-order valence-electron chi connectivity index (χ0n) is 10.1. The Morgan fingerprint density at radius 1 is 1.27 bits per heavy atom. The second-order valence-electron chi connectivity index (χ2n) is 4.37. The number of nitrogens with two attached hydrogens (primary N) is 1. The molecule has 84 valence electrons. The summed E-state index contributed by atoms with van der Waals surface area (Å²) in [4.78, 5) is 1.38. The van der Waals surface area contributed by atoms with Gasteiger partial charge in [0.05, 0.1) is 0 Å². The van der Waals surface area contributed by atoms with Crippen molar-refractivity contribution in [2.45, 2.75) is 44.4 Å². The van der Waals surface area contributed by atoms with Crippen LogP contribution in [0.25, 0.3) is 0 Å². The van der Waals surface area contributed by atoms with Gasteiger partial charge in [-0.25, -0.2) is 0 Å². The zero-order chi connectivity index (χ0) is 11.4. The van der Waals surface area contributed by atoms with Crippen molar-refractivity contribution in [3.05, 3.63) is 29.3 Å². The molecule has 0 aliphatic rings. The highest BCUT2D eigenvalue weighted by Crippen LogP contribution is 2.30. The normalized spacial score (nSPS) is 13.2. The third-order valence-corrected chi connectivity index (χ3v) is 4.35. The SMILES string of the molecule is Cc1cc(CN)ccc1SC(C)C(C)C. The van der Waals surface area contributed by atoms with E-state index >= 15 is 0 Å². The van der Waals surface area contributed by atoms with Gasteiger partial charge in [-0.15, -0.1) is 11.8 Å². The number of aryl methyl sites for hydroxylation is 1. The van der Waals surface area contributed by atoms with Crippen LogP contribution in [0, 0.1) is 12.8 Å². The first kappa shape index (κ1) is 12.6. The lowest BCUT2D eigenvalue weighted by Crippen LogP contribution is -2.05. The Bertz CT molecular complexity index is 320. The van der Waals surface area contributed by atoms with Gasteiger partial charge >= 0.3 is 0 Å². The minimum atomic E-state index is 0.630. The minimum absolute atomic E-state index is 0.630. The van der Waals surface area contributed by atoms with E-state index in [1.165, 1.54) is 16.0 Å². The molecule has 15 heavy (non-hydrogen) atoms. The van der Waals surface area contributed by atoms with Gasteiger partial charge in [-0.05, 0) is 30.0 Å². The van der Waals surface area contributed by atoms with Gasteiger partial charge in [-0.2, -0.15) is 0 Å². The minimum Gasteiger partial charge on any atom is -0.326 e. The molecule has 0 saturated carbocycles. The lowest BCUT2D eigenvalue weighted by atomic mass is 10.1.